The van der Waals surface area contributed by atoms with Crippen molar-refractivity contribution in [3.8, 4) is 0 Å². The van der Waals surface area contributed by atoms with Gasteiger partial charge in [-0.05, 0) is 43.1 Å². The minimum absolute atomic E-state index is 0.548. The van der Waals surface area contributed by atoms with Crippen LogP contribution in [0.2, 0.25) is 5.02 Å². The summed E-state index contributed by atoms with van der Waals surface area (Å²) in [5.74, 6) is 0.548. The van der Waals surface area contributed by atoms with Gasteiger partial charge in [0.25, 0.3) is 0 Å². The molecule has 1 aromatic rings. The minimum atomic E-state index is 0.548. The summed E-state index contributed by atoms with van der Waals surface area (Å²) in [4.78, 5) is 2.55. The van der Waals surface area contributed by atoms with Gasteiger partial charge in [0.2, 0.25) is 0 Å². The molecule has 1 heterocycles. The van der Waals surface area contributed by atoms with Crippen LogP contribution in [-0.2, 0) is 0 Å². The van der Waals surface area contributed by atoms with Crippen LogP contribution in [0.1, 0.15) is 24.8 Å². The summed E-state index contributed by atoms with van der Waals surface area (Å²) in [6, 6.07) is 8.24. The molecule has 1 atom stereocenters. The van der Waals surface area contributed by atoms with E-state index in [9.17, 15) is 0 Å². The van der Waals surface area contributed by atoms with Gasteiger partial charge in [0, 0.05) is 24.7 Å². The van der Waals surface area contributed by atoms with Crippen molar-refractivity contribution in [3.05, 3.63) is 34.9 Å². The minimum Gasteiger partial charge on any atom is -0.315 e. The summed E-state index contributed by atoms with van der Waals surface area (Å²) < 4.78 is 0. The van der Waals surface area contributed by atoms with E-state index in [1.165, 1.54) is 18.5 Å². The molecule has 17 heavy (non-hydrogen) atoms. The Morgan fingerprint density at radius 2 is 2.24 bits per heavy atom. The topological polar surface area (TPSA) is 15.3 Å². The highest BCUT2D eigenvalue weighted by Gasteiger charge is 2.13. The van der Waals surface area contributed by atoms with Gasteiger partial charge in [-0.3, -0.25) is 0 Å². The predicted molar refractivity (Wildman–Crippen MR) is 73.8 cm³/mol. The van der Waals surface area contributed by atoms with Crippen LogP contribution in [0.3, 0.4) is 0 Å². The molecule has 3 heteroatoms. The predicted octanol–water partition coefficient (Wildman–Crippen LogP) is 2.74. The molecular weight excluding hydrogens is 232 g/mol. The number of hydrogen-bond acceptors (Lipinski definition) is 2. The molecule has 0 amide bonds. The van der Waals surface area contributed by atoms with Crippen LogP contribution in [0.5, 0.6) is 0 Å². The lowest BCUT2D eigenvalue weighted by atomic mass is 10.0. The van der Waals surface area contributed by atoms with E-state index >= 15 is 0 Å². The number of nitrogens with zero attached hydrogens (tertiary/aromatic N) is 1. The summed E-state index contributed by atoms with van der Waals surface area (Å²) in [5.41, 5.74) is 1.34. The molecule has 1 aromatic carbocycles. The fourth-order valence-electron chi connectivity index (χ4n) is 2.39. The smallest absolute Gasteiger partial charge is 0.0408 e. The van der Waals surface area contributed by atoms with Gasteiger partial charge in [-0.25, -0.2) is 0 Å². The Kier molecular flexibility index (Phi) is 4.84. The summed E-state index contributed by atoms with van der Waals surface area (Å²) in [7, 11) is 0. The Balaban J connectivity index is 1.93. The Morgan fingerprint density at radius 3 is 3.06 bits per heavy atom. The third kappa shape index (κ3) is 3.98. The fraction of sp³-hybridized carbons (Fsp3) is 0.571. The highest BCUT2D eigenvalue weighted by molar-refractivity contribution is 6.30. The molecule has 94 valence electrons. The lowest BCUT2D eigenvalue weighted by molar-refractivity contribution is 0.278. The quantitative estimate of drug-likeness (QED) is 0.890. The molecule has 1 saturated heterocycles. The number of benzene rings is 1. The number of hydrogen-bond donors (Lipinski definition) is 1. The van der Waals surface area contributed by atoms with Gasteiger partial charge in [0.05, 0.1) is 0 Å². The summed E-state index contributed by atoms with van der Waals surface area (Å²) in [5, 5.41) is 4.28. The number of nitrogens with one attached hydrogen (secondary N) is 1. The maximum absolute atomic E-state index is 6.03. The molecule has 2 rings (SSSR count). The Bertz CT molecular complexity index is 346. The van der Waals surface area contributed by atoms with Crippen molar-refractivity contribution in [2.24, 2.45) is 0 Å². The average Bonchev–Trinajstić information content (AvgIpc) is 2.57. The van der Waals surface area contributed by atoms with Gasteiger partial charge in [-0.1, -0.05) is 30.7 Å². The van der Waals surface area contributed by atoms with Crippen molar-refractivity contribution in [2.45, 2.75) is 19.3 Å². The summed E-state index contributed by atoms with van der Waals surface area (Å²) >= 11 is 6.03. The molecule has 0 aliphatic carbocycles. The standard InChI is InChI=1S/C14H21ClN2/c1-12(13-4-2-5-14(15)10-13)11-17-8-3-6-16-7-9-17/h2,4-5,10,12,16H,3,6-9,11H2,1H3. The van der Waals surface area contributed by atoms with Gasteiger partial charge < -0.3 is 10.2 Å². The SMILES string of the molecule is CC(CN1CCCNCC1)c1cccc(Cl)c1. The van der Waals surface area contributed by atoms with Crippen molar-refractivity contribution in [2.75, 3.05) is 32.7 Å². The van der Waals surface area contributed by atoms with Crippen LogP contribution < -0.4 is 5.32 Å². The van der Waals surface area contributed by atoms with Crippen molar-refractivity contribution in [1.29, 1.82) is 0 Å². The van der Waals surface area contributed by atoms with E-state index in [-0.39, 0.29) is 0 Å². The van der Waals surface area contributed by atoms with Crippen molar-refractivity contribution >= 4 is 11.6 Å². The second-order valence-electron chi connectivity index (χ2n) is 4.86. The van der Waals surface area contributed by atoms with E-state index in [1.807, 2.05) is 12.1 Å². The molecule has 0 spiro atoms. The van der Waals surface area contributed by atoms with Gasteiger partial charge >= 0.3 is 0 Å². The Labute approximate surface area is 109 Å². The summed E-state index contributed by atoms with van der Waals surface area (Å²) in [6.45, 7) is 8.04. The zero-order valence-corrected chi connectivity index (χ0v) is 11.2. The van der Waals surface area contributed by atoms with Crippen LogP contribution in [0.15, 0.2) is 24.3 Å². The molecule has 1 N–H and O–H groups in total. The zero-order valence-electron chi connectivity index (χ0n) is 10.5. The fourth-order valence-corrected chi connectivity index (χ4v) is 2.59. The largest absolute Gasteiger partial charge is 0.315 e. The van der Waals surface area contributed by atoms with Crippen molar-refractivity contribution in [1.82, 2.24) is 10.2 Å². The van der Waals surface area contributed by atoms with E-state index < -0.39 is 0 Å². The van der Waals surface area contributed by atoms with E-state index in [0.29, 0.717) is 5.92 Å². The molecule has 0 aromatic heterocycles. The molecule has 1 fully saturated rings. The van der Waals surface area contributed by atoms with Crippen LogP contribution in [0.4, 0.5) is 0 Å². The van der Waals surface area contributed by atoms with Crippen molar-refractivity contribution in [3.63, 3.8) is 0 Å². The number of rotatable bonds is 3. The van der Waals surface area contributed by atoms with Crippen LogP contribution >= 0.6 is 11.6 Å². The number of halogens is 1. The second-order valence-corrected chi connectivity index (χ2v) is 5.30. The van der Waals surface area contributed by atoms with E-state index in [4.69, 9.17) is 11.6 Å². The molecule has 0 bridgehead atoms. The maximum atomic E-state index is 6.03. The first-order valence-electron chi connectivity index (χ1n) is 6.44. The van der Waals surface area contributed by atoms with Crippen LogP contribution in [0.25, 0.3) is 0 Å². The Hall–Kier alpha value is -0.570. The van der Waals surface area contributed by atoms with E-state index in [2.05, 4.69) is 29.3 Å². The first-order valence-corrected chi connectivity index (χ1v) is 6.82. The molecule has 1 aliphatic rings. The highest BCUT2D eigenvalue weighted by atomic mass is 35.5. The first kappa shape index (κ1) is 12.9. The van der Waals surface area contributed by atoms with E-state index in [0.717, 1.165) is 31.2 Å². The molecule has 0 saturated carbocycles. The van der Waals surface area contributed by atoms with Gasteiger partial charge in [0.15, 0.2) is 0 Å². The normalized spacial score (nSPS) is 19.9. The molecule has 1 aliphatic heterocycles. The van der Waals surface area contributed by atoms with Crippen LogP contribution in [0, 0.1) is 0 Å². The average molecular weight is 253 g/mol. The lowest BCUT2D eigenvalue weighted by Crippen LogP contribution is -2.31. The first-order chi connectivity index (χ1) is 8.25. The maximum Gasteiger partial charge on any atom is 0.0408 e. The molecule has 1 unspecified atom stereocenters. The summed E-state index contributed by atoms with van der Waals surface area (Å²) in [6.07, 6.45) is 1.25. The Morgan fingerprint density at radius 1 is 1.35 bits per heavy atom. The van der Waals surface area contributed by atoms with E-state index in [1.54, 1.807) is 0 Å². The zero-order chi connectivity index (χ0) is 12.1. The lowest BCUT2D eigenvalue weighted by Gasteiger charge is -2.24. The molecular formula is C14H21ClN2. The second kappa shape index (κ2) is 6.39. The van der Waals surface area contributed by atoms with Crippen molar-refractivity contribution < 1.29 is 0 Å². The van der Waals surface area contributed by atoms with Crippen LogP contribution in [-0.4, -0.2) is 37.6 Å². The van der Waals surface area contributed by atoms with Gasteiger partial charge in [-0.15, -0.1) is 0 Å². The highest BCUT2D eigenvalue weighted by Crippen LogP contribution is 2.20. The molecule has 0 radical (unpaired) electrons. The van der Waals surface area contributed by atoms with Gasteiger partial charge in [0.1, 0.15) is 0 Å². The molecule has 2 nitrogen and oxygen atoms in total. The van der Waals surface area contributed by atoms with Gasteiger partial charge in [-0.2, -0.15) is 0 Å². The third-order valence-electron chi connectivity index (χ3n) is 3.38. The third-order valence-corrected chi connectivity index (χ3v) is 3.62. The monoisotopic (exact) mass is 252 g/mol.